The summed E-state index contributed by atoms with van der Waals surface area (Å²) in [6, 6.07) is 24.0. The number of nitriles is 1. The number of hydrazone groups is 1. The number of esters is 1. The van der Waals surface area contributed by atoms with Crippen LogP contribution in [0.15, 0.2) is 90.0 Å². The summed E-state index contributed by atoms with van der Waals surface area (Å²) in [6.07, 6.45) is 1.38. The van der Waals surface area contributed by atoms with Crippen molar-refractivity contribution >= 4 is 46.3 Å². The van der Waals surface area contributed by atoms with Crippen molar-refractivity contribution in [3.05, 3.63) is 122 Å². The molecule has 0 spiro atoms. The molecule has 0 aliphatic rings. The number of hydrogen-bond donors (Lipinski definition) is 2. The molecule has 4 aromatic carbocycles. The second kappa shape index (κ2) is 12.3. The number of nitrogens with one attached hydrogen (secondary N) is 2. The van der Waals surface area contributed by atoms with Gasteiger partial charge in [-0.2, -0.15) is 10.4 Å². The first-order valence-corrected chi connectivity index (χ1v) is 13.0. The number of aromatic amines is 1. The monoisotopic (exact) mass is 593 g/mol. The van der Waals surface area contributed by atoms with Crippen molar-refractivity contribution in [1.29, 1.82) is 5.26 Å². The molecule has 12 heteroatoms. The molecule has 11 nitrogen and oxygen atoms in total. The maximum Gasteiger partial charge on any atom is 0.343 e. The number of halogens is 1. The lowest BCUT2D eigenvalue weighted by Gasteiger charge is -2.10. The second-order valence-corrected chi connectivity index (χ2v) is 9.40. The molecule has 5 rings (SSSR count). The van der Waals surface area contributed by atoms with E-state index in [1.165, 1.54) is 43.7 Å². The Morgan fingerprint density at radius 3 is 2.51 bits per heavy atom. The fourth-order valence-corrected chi connectivity index (χ4v) is 4.60. The predicted octanol–water partition coefficient (Wildman–Crippen LogP) is 6.26. The van der Waals surface area contributed by atoms with Crippen LogP contribution in [0, 0.1) is 21.4 Å². The zero-order chi connectivity index (χ0) is 30.5. The van der Waals surface area contributed by atoms with E-state index in [2.05, 4.69) is 21.6 Å². The van der Waals surface area contributed by atoms with Crippen LogP contribution in [0.5, 0.6) is 11.5 Å². The van der Waals surface area contributed by atoms with Crippen LogP contribution < -0.4 is 14.9 Å². The Bertz CT molecular complexity index is 1960. The summed E-state index contributed by atoms with van der Waals surface area (Å²) in [5.74, 6) is -0.963. The van der Waals surface area contributed by atoms with E-state index < -0.39 is 16.8 Å². The van der Waals surface area contributed by atoms with Gasteiger partial charge in [0.05, 0.1) is 34.9 Å². The van der Waals surface area contributed by atoms with E-state index in [0.717, 1.165) is 0 Å². The van der Waals surface area contributed by atoms with Gasteiger partial charge in [0.15, 0.2) is 11.5 Å². The molecule has 1 aromatic heterocycles. The molecule has 0 aliphatic heterocycles. The van der Waals surface area contributed by atoms with Gasteiger partial charge in [-0.3, -0.25) is 14.9 Å². The van der Waals surface area contributed by atoms with Crippen LogP contribution in [-0.4, -0.2) is 35.1 Å². The molecule has 0 unspecified atom stereocenters. The van der Waals surface area contributed by atoms with Gasteiger partial charge in [0.1, 0.15) is 11.8 Å². The molecule has 212 valence electrons. The number of methoxy groups -OCH3 is 1. The van der Waals surface area contributed by atoms with Crippen LogP contribution in [0.2, 0.25) is 5.02 Å². The quantitative estimate of drug-likeness (QED) is 0.0705. The molecule has 0 atom stereocenters. The summed E-state index contributed by atoms with van der Waals surface area (Å²) < 4.78 is 10.7. The minimum atomic E-state index is -0.728. The summed E-state index contributed by atoms with van der Waals surface area (Å²) >= 11 is 6.47. The van der Waals surface area contributed by atoms with E-state index in [1.807, 2.05) is 0 Å². The molecule has 43 heavy (non-hydrogen) atoms. The molecular formula is C31H20ClN5O6. The molecule has 1 heterocycles. The number of carbonyl (C=O) groups is 2. The molecule has 0 saturated heterocycles. The van der Waals surface area contributed by atoms with E-state index in [9.17, 15) is 25.0 Å². The molecule has 5 aromatic rings. The van der Waals surface area contributed by atoms with Gasteiger partial charge < -0.3 is 14.5 Å². The summed E-state index contributed by atoms with van der Waals surface area (Å²) in [7, 11) is 1.39. The first kappa shape index (κ1) is 28.5. The van der Waals surface area contributed by atoms with Gasteiger partial charge in [-0.05, 0) is 48.0 Å². The first-order valence-electron chi connectivity index (χ1n) is 12.6. The predicted molar refractivity (Wildman–Crippen MR) is 160 cm³/mol. The topological polar surface area (TPSA) is 160 Å². The fraction of sp³-hybridized carbons (Fsp3) is 0.0323. The Kier molecular flexibility index (Phi) is 8.13. The third kappa shape index (κ3) is 5.90. The number of aromatic nitrogens is 1. The molecule has 2 N–H and O–H groups in total. The number of nitrogens with zero attached hydrogens (tertiary/aromatic N) is 3. The molecule has 0 fully saturated rings. The number of hydrogen-bond acceptors (Lipinski definition) is 8. The zero-order valence-electron chi connectivity index (χ0n) is 22.3. The smallest absolute Gasteiger partial charge is 0.343 e. The van der Waals surface area contributed by atoms with Crippen molar-refractivity contribution in [3.8, 4) is 28.7 Å². The number of para-hydroxylation sites is 1. The van der Waals surface area contributed by atoms with E-state index >= 15 is 0 Å². The number of amides is 1. The molecular weight excluding hydrogens is 574 g/mol. The van der Waals surface area contributed by atoms with Crippen LogP contribution in [0.4, 0.5) is 5.69 Å². The lowest BCUT2D eigenvalue weighted by atomic mass is 10.0. The van der Waals surface area contributed by atoms with Crippen molar-refractivity contribution in [2.45, 2.75) is 0 Å². The van der Waals surface area contributed by atoms with Crippen molar-refractivity contribution in [3.63, 3.8) is 0 Å². The van der Waals surface area contributed by atoms with Gasteiger partial charge in [-0.15, -0.1) is 0 Å². The van der Waals surface area contributed by atoms with Crippen molar-refractivity contribution in [1.82, 2.24) is 10.4 Å². The summed E-state index contributed by atoms with van der Waals surface area (Å²) in [4.78, 5) is 39.2. The third-order valence-electron chi connectivity index (χ3n) is 6.41. The van der Waals surface area contributed by atoms with Crippen LogP contribution in [0.1, 0.15) is 32.0 Å². The Morgan fingerprint density at radius 1 is 1.05 bits per heavy atom. The number of carbonyl (C=O) groups excluding carboxylic acids is 2. The van der Waals surface area contributed by atoms with Crippen molar-refractivity contribution in [2.75, 3.05) is 7.11 Å². The summed E-state index contributed by atoms with van der Waals surface area (Å²) in [5, 5.41) is 25.6. The molecule has 0 saturated carbocycles. The first-order chi connectivity index (χ1) is 20.8. The minimum Gasteiger partial charge on any atom is -0.493 e. The molecule has 0 bridgehead atoms. The summed E-state index contributed by atoms with van der Waals surface area (Å²) in [5.41, 5.74) is 5.17. The van der Waals surface area contributed by atoms with Gasteiger partial charge in [-0.25, -0.2) is 10.2 Å². The van der Waals surface area contributed by atoms with Gasteiger partial charge >= 0.3 is 5.97 Å². The van der Waals surface area contributed by atoms with Gasteiger partial charge in [0.25, 0.3) is 11.6 Å². The Labute approximate surface area is 249 Å². The van der Waals surface area contributed by atoms with Crippen LogP contribution in [-0.2, 0) is 0 Å². The minimum absolute atomic E-state index is 0.114. The van der Waals surface area contributed by atoms with Crippen LogP contribution in [0.3, 0.4) is 0 Å². The molecule has 1 amide bonds. The maximum atomic E-state index is 13.3. The van der Waals surface area contributed by atoms with Crippen LogP contribution in [0.25, 0.3) is 22.0 Å². The number of non-ortho nitro benzene ring substituents is 1. The van der Waals surface area contributed by atoms with E-state index in [0.29, 0.717) is 38.2 Å². The number of benzene rings is 4. The van der Waals surface area contributed by atoms with Crippen LogP contribution >= 0.6 is 11.6 Å². The maximum absolute atomic E-state index is 13.3. The number of rotatable bonds is 8. The normalized spacial score (nSPS) is 10.8. The van der Waals surface area contributed by atoms with E-state index in [4.69, 9.17) is 21.1 Å². The fourth-order valence-electron chi connectivity index (χ4n) is 4.37. The Morgan fingerprint density at radius 2 is 1.81 bits per heavy atom. The standard InChI is InChI=1S/C31H20ClN5O6/c1-42-26-15-18(9-14-25(26)43-31(39)19-10-12-21(13-11-19)37(40)41)17-34-36-30(38)29-27(22-6-2-3-8-24(22)32)23-7-4-5-20(16-33)28(23)35-29/h2-15,17,35H,1H3,(H,36,38). The Hall–Kier alpha value is -5.99. The highest BCUT2D eigenvalue weighted by Crippen LogP contribution is 2.37. The number of nitro benzene ring substituents is 1. The van der Waals surface area contributed by atoms with E-state index in [1.54, 1.807) is 54.6 Å². The largest absolute Gasteiger partial charge is 0.493 e. The second-order valence-electron chi connectivity index (χ2n) is 9.00. The van der Waals surface area contributed by atoms with Crippen molar-refractivity contribution in [2.24, 2.45) is 5.10 Å². The number of fused-ring (bicyclic) bond motifs is 1. The van der Waals surface area contributed by atoms with Gasteiger partial charge in [0.2, 0.25) is 0 Å². The van der Waals surface area contributed by atoms with E-state index in [-0.39, 0.29) is 28.4 Å². The highest BCUT2D eigenvalue weighted by Gasteiger charge is 2.22. The van der Waals surface area contributed by atoms with Crippen molar-refractivity contribution < 1.29 is 24.0 Å². The number of H-pyrrole nitrogens is 1. The molecule has 0 radical (unpaired) electrons. The average Bonchev–Trinajstić information content (AvgIpc) is 3.41. The highest BCUT2D eigenvalue weighted by molar-refractivity contribution is 6.34. The lowest BCUT2D eigenvalue weighted by molar-refractivity contribution is -0.384. The van der Waals surface area contributed by atoms with Gasteiger partial charge in [0, 0.05) is 33.7 Å². The molecule has 0 aliphatic carbocycles. The lowest BCUT2D eigenvalue weighted by Crippen LogP contribution is -2.19. The summed E-state index contributed by atoms with van der Waals surface area (Å²) in [6.45, 7) is 0. The number of ether oxygens (including phenoxy) is 2. The highest BCUT2D eigenvalue weighted by atomic mass is 35.5. The SMILES string of the molecule is COc1cc(C=NNC(=O)c2[nH]c3c(C#N)cccc3c2-c2ccccc2Cl)ccc1OC(=O)c1ccc([N+](=O)[O-])cc1. The van der Waals surface area contributed by atoms with Gasteiger partial charge in [-0.1, -0.05) is 41.9 Å². The third-order valence-corrected chi connectivity index (χ3v) is 6.74. The average molecular weight is 594 g/mol. The Balaban J connectivity index is 1.36. The number of nitro groups is 1. The zero-order valence-corrected chi connectivity index (χ0v) is 23.1.